The molecule has 0 radical (unpaired) electrons. The quantitative estimate of drug-likeness (QED) is 0.476. The zero-order chi connectivity index (χ0) is 22.4. The van der Waals surface area contributed by atoms with Crippen LogP contribution in [0.25, 0.3) is 0 Å². The number of nitro groups is 2. The van der Waals surface area contributed by atoms with E-state index < -0.39 is 21.9 Å². The van der Waals surface area contributed by atoms with Crippen molar-refractivity contribution in [3.8, 4) is 0 Å². The summed E-state index contributed by atoms with van der Waals surface area (Å²) in [4.78, 5) is 36.6. The van der Waals surface area contributed by atoms with Crippen molar-refractivity contribution in [1.29, 1.82) is 0 Å². The van der Waals surface area contributed by atoms with Gasteiger partial charge in [0.2, 0.25) is 0 Å². The minimum absolute atomic E-state index is 0.0164. The molecule has 10 nitrogen and oxygen atoms in total. The van der Waals surface area contributed by atoms with Gasteiger partial charge in [-0.05, 0) is 24.0 Å². The Kier molecular flexibility index (Phi) is 7.27. The summed E-state index contributed by atoms with van der Waals surface area (Å²) in [5.74, 6) is -0.905. The van der Waals surface area contributed by atoms with Crippen molar-refractivity contribution < 1.29 is 19.7 Å². The number of rotatable bonds is 9. The standard InChI is InChI=1S/C21H24N4O6/c26-21(27)20(15-17-3-7-19(8-4-17)25(30)31)23-13-11-22(12-14-23)10-9-16-1-5-18(6-2-16)24(28)29/h1-8,20H,9-15H2,(H,26,27)/t20-/m0/s1. The van der Waals surface area contributed by atoms with Crippen molar-refractivity contribution in [1.82, 2.24) is 9.80 Å². The summed E-state index contributed by atoms with van der Waals surface area (Å²) in [6, 6.07) is 11.8. The number of hydrogen-bond acceptors (Lipinski definition) is 7. The Morgan fingerprint density at radius 3 is 1.81 bits per heavy atom. The van der Waals surface area contributed by atoms with Gasteiger partial charge in [0, 0.05) is 57.0 Å². The van der Waals surface area contributed by atoms with E-state index in [9.17, 15) is 30.1 Å². The fourth-order valence-electron chi connectivity index (χ4n) is 3.72. The van der Waals surface area contributed by atoms with Crippen molar-refractivity contribution in [3.05, 3.63) is 79.9 Å². The Bertz CT molecular complexity index is 924. The number of carbonyl (C=O) groups is 1. The van der Waals surface area contributed by atoms with Gasteiger partial charge in [-0.2, -0.15) is 0 Å². The molecule has 0 unspecified atom stereocenters. The van der Waals surface area contributed by atoms with E-state index in [-0.39, 0.29) is 17.8 Å². The molecule has 1 saturated heterocycles. The van der Waals surface area contributed by atoms with Gasteiger partial charge in [-0.3, -0.25) is 29.9 Å². The molecule has 1 fully saturated rings. The molecule has 0 bridgehead atoms. The number of piperazine rings is 1. The number of carboxylic acid groups (broad SMARTS) is 1. The second-order valence-electron chi connectivity index (χ2n) is 7.53. The molecule has 1 aliphatic heterocycles. The van der Waals surface area contributed by atoms with E-state index in [2.05, 4.69) is 4.90 Å². The normalized spacial score (nSPS) is 16.0. The smallest absolute Gasteiger partial charge is 0.321 e. The van der Waals surface area contributed by atoms with Gasteiger partial charge in [0.1, 0.15) is 6.04 Å². The van der Waals surface area contributed by atoms with E-state index in [1.54, 1.807) is 24.3 Å². The van der Waals surface area contributed by atoms with Crippen LogP contribution in [0.5, 0.6) is 0 Å². The third kappa shape index (κ3) is 6.06. The molecule has 31 heavy (non-hydrogen) atoms. The number of benzene rings is 2. The number of aliphatic carboxylic acids is 1. The number of non-ortho nitro benzene ring substituents is 2. The molecular formula is C21H24N4O6. The molecule has 0 aliphatic carbocycles. The van der Waals surface area contributed by atoms with Crippen LogP contribution in [0.15, 0.2) is 48.5 Å². The van der Waals surface area contributed by atoms with Crippen LogP contribution >= 0.6 is 0 Å². The molecule has 1 heterocycles. The number of nitro benzene ring substituents is 2. The predicted molar refractivity (Wildman–Crippen MR) is 113 cm³/mol. The van der Waals surface area contributed by atoms with Crippen LogP contribution in [0.1, 0.15) is 11.1 Å². The highest BCUT2D eigenvalue weighted by molar-refractivity contribution is 5.74. The molecule has 0 spiro atoms. The van der Waals surface area contributed by atoms with Gasteiger partial charge in [0.05, 0.1) is 9.85 Å². The third-order valence-corrected chi connectivity index (χ3v) is 5.57. The lowest BCUT2D eigenvalue weighted by Gasteiger charge is -2.37. The van der Waals surface area contributed by atoms with Crippen LogP contribution in [0.2, 0.25) is 0 Å². The summed E-state index contributed by atoms with van der Waals surface area (Å²) in [5, 5.41) is 31.2. The molecule has 2 aromatic carbocycles. The highest BCUT2D eigenvalue weighted by Gasteiger charge is 2.29. The first kappa shape index (κ1) is 22.3. The van der Waals surface area contributed by atoms with Gasteiger partial charge in [0.25, 0.3) is 11.4 Å². The summed E-state index contributed by atoms with van der Waals surface area (Å²) < 4.78 is 0. The largest absolute Gasteiger partial charge is 0.480 e. The van der Waals surface area contributed by atoms with E-state index in [1.807, 2.05) is 4.90 Å². The zero-order valence-corrected chi connectivity index (χ0v) is 16.9. The van der Waals surface area contributed by atoms with Crippen molar-refractivity contribution in [2.24, 2.45) is 0 Å². The van der Waals surface area contributed by atoms with Crippen molar-refractivity contribution in [3.63, 3.8) is 0 Å². The highest BCUT2D eigenvalue weighted by atomic mass is 16.6. The topological polar surface area (TPSA) is 130 Å². The SMILES string of the molecule is O=C(O)[C@H](Cc1ccc([N+](=O)[O-])cc1)N1CCN(CCc2ccc([N+](=O)[O-])cc2)CC1. The Hall–Kier alpha value is -3.37. The van der Waals surface area contributed by atoms with Crippen LogP contribution < -0.4 is 0 Å². The molecular weight excluding hydrogens is 404 g/mol. The van der Waals surface area contributed by atoms with E-state index >= 15 is 0 Å². The second kappa shape index (κ2) is 10.1. The van der Waals surface area contributed by atoms with Crippen LogP contribution in [0, 0.1) is 20.2 Å². The summed E-state index contributed by atoms with van der Waals surface area (Å²) in [6.07, 6.45) is 1.05. The average molecular weight is 428 g/mol. The lowest BCUT2D eigenvalue weighted by atomic mass is 10.0. The number of carboxylic acids is 1. The Morgan fingerprint density at radius 2 is 1.35 bits per heavy atom. The van der Waals surface area contributed by atoms with Gasteiger partial charge >= 0.3 is 5.97 Å². The maximum atomic E-state index is 11.8. The first-order valence-corrected chi connectivity index (χ1v) is 9.99. The summed E-state index contributed by atoms with van der Waals surface area (Å²) >= 11 is 0. The molecule has 164 valence electrons. The minimum atomic E-state index is -0.905. The Balaban J connectivity index is 1.50. The van der Waals surface area contributed by atoms with Gasteiger partial charge in [-0.25, -0.2) is 0 Å². The van der Waals surface area contributed by atoms with Gasteiger partial charge in [-0.1, -0.05) is 24.3 Å². The first-order chi connectivity index (χ1) is 14.8. The molecule has 0 amide bonds. The maximum absolute atomic E-state index is 11.8. The fourth-order valence-corrected chi connectivity index (χ4v) is 3.72. The van der Waals surface area contributed by atoms with E-state index in [4.69, 9.17) is 0 Å². The molecule has 0 aromatic heterocycles. The van der Waals surface area contributed by atoms with E-state index in [0.29, 0.717) is 13.1 Å². The fraction of sp³-hybridized carbons (Fsp3) is 0.381. The average Bonchev–Trinajstić information content (AvgIpc) is 2.77. The molecule has 1 N–H and O–H groups in total. The first-order valence-electron chi connectivity index (χ1n) is 9.99. The summed E-state index contributed by atoms with van der Waals surface area (Å²) in [7, 11) is 0. The maximum Gasteiger partial charge on any atom is 0.321 e. The monoisotopic (exact) mass is 428 g/mol. The second-order valence-corrected chi connectivity index (χ2v) is 7.53. The molecule has 1 atom stereocenters. The lowest BCUT2D eigenvalue weighted by molar-refractivity contribution is -0.385. The Morgan fingerprint density at radius 1 is 0.871 bits per heavy atom. The third-order valence-electron chi connectivity index (χ3n) is 5.57. The van der Waals surface area contributed by atoms with Crippen LogP contribution in [-0.4, -0.2) is 69.5 Å². The van der Waals surface area contributed by atoms with Crippen LogP contribution in [0.3, 0.4) is 0 Å². The summed E-state index contributed by atoms with van der Waals surface area (Å²) in [5.41, 5.74) is 1.83. The molecule has 10 heteroatoms. The van der Waals surface area contributed by atoms with Crippen molar-refractivity contribution in [2.75, 3.05) is 32.7 Å². The summed E-state index contributed by atoms with van der Waals surface area (Å²) in [6.45, 7) is 3.49. The highest BCUT2D eigenvalue weighted by Crippen LogP contribution is 2.17. The predicted octanol–water partition coefficient (Wildman–Crippen LogP) is 2.36. The number of hydrogen-bond donors (Lipinski definition) is 1. The zero-order valence-electron chi connectivity index (χ0n) is 16.9. The van der Waals surface area contributed by atoms with Gasteiger partial charge in [0.15, 0.2) is 0 Å². The van der Waals surface area contributed by atoms with E-state index in [0.717, 1.165) is 37.2 Å². The van der Waals surface area contributed by atoms with Gasteiger partial charge < -0.3 is 10.0 Å². The lowest BCUT2D eigenvalue weighted by Crippen LogP contribution is -2.53. The van der Waals surface area contributed by atoms with Crippen molar-refractivity contribution in [2.45, 2.75) is 18.9 Å². The molecule has 1 aliphatic rings. The van der Waals surface area contributed by atoms with Crippen LogP contribution in [-0.2, 0) is 17.6 Å². The van der Waals surface area contributed by atoms with Crippen LogP contribution in [0.4, 0.5) is 11.4 Å². The van der Waals surface area contributed by atoms with Gasteiger partial charge in [-0.15, -0.1) is 0 Å². The molecule has 3 rings (SSSR count). The molecule has 0 saturated carbocycles. The van der Waals surface area contributed by atoms with Crippen molar-refractivity contribution >= 4 is 17.3 Å². The minimum Gasteiger partial charge on any atom is -0.480 e. The molecule has 2 aromatic rings. The van der Waals surface area contributed by atoms with E-state index in [1.165, 1.54) is 24.3 Å². The Labute approximate surface area is 179 Å². The number of nitrogens with zero attached hydrogens (tertiary/aromatic N) is 4.